The Morgan fingerprint density at radius 3 is 2.32 bits per heavy atom. The van der Waals surface area contributed by atoms with Gasteiger partial charge in [-0.25, -0.2) is 0 Å². The Labute approximate surface area is 235 Å². The maximum Gasteiger partial charge on any atom is 0.246 e. The van der Waals surface area contributed by atoms with Gasteiger partial charge in [-0.2, -0.15) is 10.2 Å². The van der Waals surface area contributed by atoms with Crippen molar-refractivity contribution in [1.82, 2.24) is 35.2 Å². The molecule has 3 aromatic carbocycles. The van der Waals surface area contributed by atoms with Gasteiger partial charge < -0.3 is 14.8 Å². The first kappa shape index (κ1) is 24.8. The monoisotopic (exact) mass is 543 g/mol. The number of benzene rings is 3. The SMILES string of the molecule is C=CC(=O)N1CC(NC(=O)Cn2cc(-c3c(C)ccc4cn[nH]c34)c3cc(-c4c(C)ccc5cn[nH]c45)ccc32)C1. The summed E-state index contributed by atoms with van der Waals surface area (Å²) in [6.45, 7) is 8.89. The van der Waals surface area contributed by atoms with Crippen LogP contribution in [-0.2, 0) is 16.1 Å². The van der Waals surface area contributed by atoms with Crippen molar-refractivity contribution in [2.45, 2.75) is 26.4 Å². The summed E-state index contributed by atoms with van der Waals surface area (Å²) in [6, 6.07) is 14.7. The highest BCUT2D eigenvalue weighted by molar-refractivity contribution is 6.07. The van der Waals surface area contributed by atoms with Gasteiger partial charge in [0.2, 0.25) is 11.8 Å². The van der Waals surface area contributed by atoms with E-state index in [2.05, 4.69) is 94.8 Å². The number of fused-ring (bicyclic) bond motifs is 3. The van der Waals surface area contributed by atoms with Crippen LogP contribution in [0.15, 0.2) is 73.7 Å². The van der Waals surface area contributed by atoms with E-state index in [0.29, 0.717) is 13.1 Å². The number of likely N-dealkylation sites (tertiary alicyclic amines) is 1. The molecule has 0 spiro atoms. The maximum atomic E-state index is 13.2. The van der Waals surface area contributed by atoms with Gasteiger partial charge in [-0.05, 0) is 48.7 Å². The topological polar surface area (TPSA) is 112 Å². The zero-order chi connectivity index (χ0) is 28.2. The molecular formula is C32H29N7O2. The van der Waals surface area contributed by atoms with Gasteiger partial charge in [0, 0.05) is 57.7 Å². The van der Waals surface area contributed by atoms with Gasteiger partial charge in [-0.3, -0.25) is 19.8 Å². The summed E-state index contributed by atoms with van der Waals surface area (Å²) in [5.74, 6) is -0.209. The maximum absolute atomic E-state index is 13.2. The van der Waals surface area contributed by atoms with E-state index < -0.39 is 0 Å². The van der Waals surface area contributed by atoms with Crippen LogP contribution < -0.4 is 5.32 Å². The highest BCUT2D eigenvalue weighted by Crippen LogP contribution is 2.40. The molecule has 1 fully saturated rings. The number of nitrogens with zero attached hydrogens (tertiary/aromatic N) is 4. The largest absolute Gasteiger partial charge is 0.348 e. The Hall–Kier alpha value is -5.18. The first-order chi connectivity index (χ1) is 19.9. The molecule has 0 atom stereocenters. The van der Waals surface area contributed by atoms with Crippen molar-refractivity contribution in [3.05, 3.63) is 84.8 Å². The molecule has 1 aliphatic rings. The Bertz CT molecular complexity index is 2010. The van der Waals surface area contributed by atoms with E-state index in [9.17, 15) is 9.59 Å². The Morgan fingerprint density at radius 2 is 1.63 bits per heavy atom. The molecule has 6 aromatic rings. The van der Waals surface area contributed by atoms with Crippen molar-refractivity contribution in [1.29, 1.82) is 0 Å². The molecule has 4 heterocycles. The third-order valence-electron chi connectivity index (χ3n) is 8.14. The normalized spacial score (nSPS) is 13.7. The van der Waals surface area contributed by atoms with E-state index in [4.69, 9.17) is 0 Å². The number of H-pyrrole nitrogens is 2. The Balaban J connectivity index is 1.33. The molecule has 3 N–H and O–H groups in total. The Morgan fingerprint density at radius 1 is 0.976 bits per heavy atom. The van der Waals surface area contributed by atoms with Crippen molar-refractivity contribution in [2.24, 2.45) is 0 Å². The zero-order valence-corrected chi connectivity index (χ0v) is 22.9. The van der Waals surface area contributed by atoms with Crippen LogP contribution in [0.1, 0.15) is 11.1 Å². The molecular weight excluding hydrogens is 514 g/mol. The fourth-order valence-corrected chi connectivity index (χ4v) is 6.04. The standard InChI is InChI=1S/C32H29N7O2/c1-4-28(41)39-14-23(15-39)35-27(40)17-38-16-25(30-19(3)6-8-22-13-34-37-32(22)30)24-11-20(9-10-26(24)38)29-18(2)5-7-21-12-33-36-31(21)29/h4-13,16,23H,1,14-15,17H2,2-3H3,(H,33,36)(H,34,37)(H,35,40). The lowest BCUT2D eigenvalue weighted by Crippen LogP contribution is -2.61. The van der Waals surface area contributed by atoms with Gasteiger partial charge in [0.25, 0.3) is 0 Å². The number of hydrogen-bond donors (Lipinski definition) is 3. The van der Waals surface area contributed by atoms with Crippen molar-refractivity contribution in [2.75, 3.05) is 13.1 Å². The van der Waals surface area contributed by atoms with Crippen molar-refractivity contribution in [3.63, 3.8) is 0 Å². The molecule has 7 rings (SSSR count). The zero-order valence-electron chi connectivity index (χ0n) is 22.9. The third-order valence-corrected chi connectivity index (χ3v) is 8.14. The number of carbonyl (C=O) groups is 2. The first-order valence-corrected chi connectivity index (χ1v) is 13.6. The number of aromatic nitrogens is 5. The molecule has 0 unspecified atom stereocenters. The quantitative estimate of drug-likeness (QED) is 0.261. The van der Waals surface area contributed by atoms with Crippen molar-refractivity contribution in [3.8, 4) is 22.3 Å². The average Bonchev–Trinajstić information content (AvgIpc) is 3.69. The number of rotatable bonds is 6. The lowest BCUT2D eigenvalue weighted by atomic mass is 9.94. The van der Waals surface area contributed by atoms with Crippen molar-refractivity contribution < 1.29 is 9.59 Å². The van der Waals surface area contributed by atoms with E-state index in [0.717, 1.165) is 66.1 Å². The summed E-state index contributed by atoms with van der Waals surface area (Å²) in [5.41, 5.74) is 9.47. The van der Waals surface area contributed by atoms with Gasteiger partial charge in [-0.1, -0.05) is 36.9 Å². The molecule has 204 valence electrons. The van der Waals surface area contributed by atoms with Crippen LogP contribution in [0, 0.1) is 13.8 Å². The molecule has 3 aromatic heterocycles. The Kier molecular flexibility index (Phi) is 5.74. The number of aryl methyl sites for hydroxylation is 2. The summed E-state index contributed by atoms with van der Waals surface area (Å²) in [5, 5.41) is 21.1. The molecule has 0 radical (unpaired) electrons. The minimum atomic E-state index is -0.114. The van der Waals surface area contributed by atoms with Gasteiger partial charge in [-0.15, -0.1) is 0 Å². The highest BCUT2D eigenvalue weighted by atomic mass is 16.2. The fraction of sp³-hybridized carbons (Fsp3) is 0.188. The molecule has 0 bridgehead atoms. The van der Waals surface area contributed by atoms with Crippen LogP contribution in [-0.4, -0.2) is 60.8 Å². The van der Waals surface area contributed by atoms with Crippen LogP contribution in [0.3, 0.4) is 0 Å². The second kappa shape index (κ2) is 9.48. The molecule has 0 aliphatic carbocycles. The number of hydrogen-bond acceptors (Lipinski definition) is 4. The first-order valence-electron chi connectivity index (χ1n) is 13.6. The molecule has 1 saturated heterocycles. The van der Waals surface area contributed by atoms with E-state index in [1.165, 1.54) is 6.08 Å². The van der Waals surface area contributed by atoms with Crippen LogP contribution in [0.2, 0.25) is 0 Å². The lowest BCUT2D eigenvalue weighted by molar-refractivity contribution is -0.133. The molecule has 41 heavy (non-hydrogen) atoms. The number of aromatic amines is 2. The molecule has 9 heteroatoms. The van der Waals surface area contributed by atoms with E-state index >= 15 is 0 Å². The van der Waals surface area contributed by atoms with Gasteiger partial charge in [0.05, 0.1) is 29.5 Å². The summed E-state index contributed by atoms with van der Waals surface area (Å²) >= 11 is 0. The second-order valence-electron chi connectivity index (χ2n) is 10.8. The summed E-state index contributed by atoms with van der Waals surface area (Å²) < 4.78 is 2.01. The molecule has 0 saturated carbocycles. The third kappa shape index (κ3) is 4.09. The predicted molar refractivity (Wildman–Crippen MR) is 160 cm³/mol. The summed E-state index contributed by atoms with van der Waals surface area (Å²) in [7, 11) is 0. The van der Waals surface area contributed by atoms with Gasteiger partial charge in [0.1, 0.15) is 6.54 Å². The lowest BCUT2D eigenvalue weighted by Gasteiger charge is -2.38. The van der Waals surface area contributed by atoms with E-state index in [1.807, 2.05) is 17.0 Å². The minimum absolute atomic E-state index is 0.0573. The predicted octanol–water partition coefficient (Wildman–Crippen LogP) is 4.86. The number of amides is 2. The average molecular weight is 544 g/mol. The molecule has 2 amide bonds. The van der Waals surface area contributed by atoms with Crippen molar-refractivity contribution >= 4 is 44.5 Å². The number of carbonyl (C=O) groups excluding carboxylic acids is 2. The van der Waals surface area contributed by atoms with Gasteiger partial charge >= 0.3 is 0 Å². The van der Waals surface area contributed by atoms with Crippen LogP contribution in [0.4, 0.5) is 0 Å². The fourth-order valence-electron chi connectivity index (χ4n) is 6.04. The molecule has 9 nitrogen and oxygen atoms in total. The number of nitrogens with one attached hydrogen (secondary N) is 3. The van der Waals surface area contributed by atoms with Crippen LogP contribution in [0.5, 0.6) is 0 Å². The smallest absolute Gasteiger partial charge is 0.246 e. The van der Waals surface area contributed by atoms with Crippen LogP contribution in [0.25, 0.3) is 55.0 Å². The van der Waals surface area contributed by atoms with E-state index in [1.54, 1.807) is 4.90 Å². The second-order valence-corrected chi connectivity index (χ2v) is 10.8. The van der Waals surface area contributed by atoms with E-state index in [-0.39, 0.29) is 24.4 Å². The van der Waals surface area contributed by atoms with Gasteiger partial charge in [0.15, 0.2) is 0 Å². The summed E-state index contributed by atoms with van der Waals surface area (Å²) in [6.07, 6.45) is 7.04. The summed E-state index contributed by atoms with van der Waals surface area (Å²) in [4.78, 5) is 26.6. The highest BCUT2D eigenvalue weighted by Gasteiger charge is 2.30. The van der Waals surface area contributed by atoms with Crippen LogP contribution >= 0.6 is 0 Å². The molecule has 1 aliphatic heterocycles. The minimum Gasteiger partial charge on any atom is -0.348 e.